The van der Waals surface area contributed by atoms with Crippen LogP contribution in [-0.4, -0.2) is 30.6 Å². The third-order valence-electron chi connectivity index (χ3n) is 3.42. The Balaban J connectivity index is 2.66. The number of esters is 1. The Labute approximate surface area is 133 Å². The van der Waals surface area contributed by atoms with E-state index in [0.29, 0.717) is 11.3 Å². The first-order valence-electron chi connectivity index (χ1n) is 6.81. The largest absolute Gasteiger partial charge is 0.464 e. The number of aromatic nitrogens is 1. The van der Waals surface area contributed by atoms with E-state index in [9.17, 15) is 9.59 Å². The lowest BCUT2D eigenvalue weighted by atomic mass is 10.1. The van der Waals surface area contributed by atoms with Crippen LogP contribution in [0.15, 0.2) is 30.5 Å². The smallest absolute Gasteiger partial charge is 0.357 e. The minimum atomic E-state index is -0.654. The van der Waals surface area contributed by atoms with E-state index >= 15 is 0 Å². The Morgan fingerprint density at radius 2 is 2.09 bits per heavy atom. The molecule has 0 saturated heterocycles. The maximum atomic E-state index is 12.0. The van der Waals surface area contributed by atoms with Crippen molar-refractivity contribution in [1.82, 2.24) is 9.88 Å². The van der Waals surface area contributed by atoms with E-state index in [0.717, 1.165) is 0 Å². The van der Waals surface area contributed by atoms with E-state index in [1.165, 1.54) is 17.9 Å². The number of para-hydroxylation sites is 1. The van der Waals surface area contributed by atoms with E-state index in [1.54, 1.807) is 31.3 Å². The van der Waals surface area contributed by atoms with Gasteiger partial charge in [0.2, 0.25) is 5.91 Å². The van der Waals surface area contributed by atoms with Crippen LogP contribution in [0.3, 0.4) is 0 Å². The zero-order valence-electron chi connectivity index (χ0n) is 12.8. The van der Waals surface area contributed by atoms with Crippen molar-refractivity contribution >= 4 is 17.6 Å². The molecule has 0 atom stereocenters. The quantitative estimate of drug-likeness (QED) is 0.819. The van der Waals surface area contributed by atoms with E-state index < -0.39 is 5.97 Å². The summed E-state index contributed by atoms with van der Waals surface area (Å²) in [7, 11) is 2.79. The zero-order valence-corrected chi connectivity index (χ0v) is 12.8. The first-order valence-corrected chi connectivity index (χ1v) is 6.81. The van der Waals surface area contributed by atoms with Crippen molar-refractivity contribution in [3.8, 4) is 11.8 Å². The molecular formula is C16H16N4O3. The lowest BCUT2D eigenvalue weighted by Crippen LogP contribution is -2.21. The number of hydrogen-bond donors (Lipinski definition) is 2. The van der Waals surface area contributed by atoms with Gasteiger partial charge in [-0.05, 0) is 11.6 Å². The van der Waals surface area contributed by atoms with Crippen LogP contribution in [0, 0.1) is 11.3 Å². The van der Waals surface area contributed by atoms with Gasteiger partial charge in [0.05, 0.1) is 24.8 Å². The molecule has 0 aliphatic heterocycles. The molecule has 0 radical (unpaired) electrons. The van der Waals surface area contributed by atoms with E-state index in [-0.39, 0.29) is 29.3 Å². The first-order chi connectivity index (χ1) is 11.0. The summed E-state index contributed by atoms with van der Waals surface area (Å²) in [5, 5.41) is 11.7. The van der Waals surface area contributed by atoms with Crippen LogP contribution in [-0.2, 0) is 16.0 Å². The van der Waals surface area contributed by atoms with Gasteiger partial charge in [0.15, 0.2) is 5.69 Å². The number of nitrogen functional groups attached to an aromatic ring is 1. The molecule has 0 unspecified atom stereocenters. The molecule has 0 aliphatic rings. The molecule has 3 N–H and O–H groups in total. The molecule has 23 heavy (non-hydrogen) atoms. The number of carbonyl (C=O) groups excluding carboxylic acids is 2. The molecule has 1 aromatic heterocycles. The topological polar surface area (TPSA) is 110 Å². The Morgan fingerprint density at radius 1 is 1.39 bits per heavy atom. The molecule has 0 spiro atoms. The van der Waals surface area contributed by atoms with Crippen LogP contribution >= 0.6 is 0 Å². The monoisotopic (exact) mass is 312 g/mol. The number of rotatable bonds is 4. The molecule has 118 valence electrons. The van der Waals surface area contributed by atoms with Crippen molar-refractivity contribution in [2.24, 2.45) is 0 Å². The predicted octanol–water partition coefficient (Wildman–Crippen LogP) is 1.01. The molecular weight excluding hydrogens is 296 g/mol. The number of nitrogens with zero attached hydrogens (tertiary/aromatic N) is 2. The van der Waals surface area contributed by atoms with E-state index in [1.807, 2.05) is 6.07 Å². The Hall–Kier alpha value is -3.27. The summed E-state index contributed by atoms with van der Waals surface area (Å²) in [6, 6.07) is 9.02. The van der Waals surface area contributed by atoms with Crippen LogP contribution in [0.25, 0.3) is 5.69 Å². The molecule has 1 amide bonds. The highest BCUT2D eigenvalue weighted by Gasteiger charge is 2.23. The number of nitrogens with one attached hydrogen (secondary N) is 1. The van der Waals surface area contributed by atoms with Crippen molar-refractivity contribution in [3.63, 3.8) is 0 Å². The summed E-state index contributed by atoms with van der Waals surface area (Å²) < 4.78 is 6.23. The van der Waals surface area contributed by atoms with E-state index in [2.05, 4.69) is 5.32 Å². The van der Waals surface area contributed by atoms with Crippen molar-refractivity contribution in [1.29, 1.82) is 5.26 Å². The van der Waals surface area contributed by atoms with Gasteiger partial charge >= 0.3 is 5.97 Å². The number of nitrogens with two attached hydrogens (primary N) is 1. The minimum absolute atomic E-state index is 0.0501. The molecule has 1 heterocycles. The molecule has 0 bridgehead atoms. The Morgan fingerprint density at radius 3 is 2.70 bits per heavy atom. The summed E-state index contributed by atoms with van der Waals surface area (Å²) in [5.41, 5.74) is 7.44. The van der Waals surface area contributed by atoms with Gasteiger partial charge in [-0.15, -0.1) is 0 Å². The number of benzene rings is 1. The number of amides is 1. The van der Waals surface area contributed by atoms with Gasteiger partial charge < -0.3 is 20.4 Å². The van der Waals surface area contributed by atoms with Gasteiger partial charge in [-0.2, -0.15) is 5.26 Å². The van der Waals surface area contributed by atoms with Gasteiger partial charge in [0.1, 0.15) is 6.07 Å². The third-order valence-corrected chi connectivity index (χ3v) is 3.42. The van der Waals surface area contributed by atoms with Gasteiger partial charge in [0.25, 0.3) is 0 Å². The second-order valence-electron chi connectivity index (χ2n) is 4.76. The molecule has 1 aromatic carbocycles. The van der Waals surface area contributed by atoms with E-state index in [4.69, 9.17) is 15.7 Å². The molecule has 2 rings (SSSR count). The highest BCUT2D eigenvalue weighted by molar-refractivity contribution is 5.96. The second-order valence-corrected chi connectivity index (χ2v) is 4.76. The molecule has 7 nitrogen and oxygen atoms in total. The number of methoxy groups -OCH3 is 1. The molecule has 7 heteroatoms. The SMILES string of the molecule is CNC(=O)Cc1ccccc1-n1cc(C#N)c(N)c1C(=O)OC. The summed E-state index contributed by atoms with van der Waals surface area (Å²) in [6.07, 6.45) is 1.59. The predicted molar refractivity (Wildman–Crippen MR) is 84.0 cm³/mol. The number of hydrogen-bond acceptors (Lipinski definition) is 5. The Bertz CT molecular complexity index is 802. The second kappa shape index (κ2) is 6.66. The third kappa shape index (κ3) is 3.01. The summed E-state index contributed by atoms with van der Waals surface area (Å²) in [6.45, 7) is 0. The number of nitriles is 1. The number of anilines is 1. The molecule has 0 aliphatic carbocycles. The minimum Gasteiger partial charge on any atom is -0.464 e. The van der Waals surface area contributed by atoms with Gasteiger partial charge in [0, 0.05) is 18.9 Å². The van der Waals surface area contributed by atoms with Crippen LogP contribution in [0.2, 0.25) is 0 Å². The summed E-state index contributed by atoms with van der Waals surface area (Å²) in [5.74, 6) is -0.823. The fraction of sp³-hybridized carbons (Fsp3) is 0.188. The van der Waals surface area contributed by atoms with Gasteiger partial charge in [-0.25, -0.2) is 4.79 Å². The van der Waals surface area contributed by atoms with Crippen LogP contribution in [0.1, 0.15) is 21.6 Å². The normalized spacial score (nSPS) is 9.96. The lowest BCUT2D eigenvalue weighted by molar-refractivity contribution is -0.119. The number of carbonyl (C=O) groups is 2. The maximum absolute atomic E-state index is 12.0. The average Bonchev–Trinajstić information content (AvgIpc) is 2.90. The fourth-order valence-electron chi connectivity index (χ4n) is 2.26. The maximum Gasteiger partial charge on any atom is 0.357 e. The van der Waals surface area contributed by atoms with Crippen molar-refractivity contribution in [3.05, 3.63) is 47.3 Å². The van der Waals surface area contributed by atoms with Gasteiger partial charge in [-0.1, -0.05) is 18.2 Å². The standard InChI is InChI=1S/C16H16N4O3/c1-19-13(21)7-10-5-3-4-6-12(10)20-9-11(8-17)14(18)15(20)16(22)23-2/h3-6,9H,7,18H2,1-2H3,(H,19,21). The van der Waals surface area contributed by atoms with Crippen molar-refractivity contribution in [2.45, 2.75) is 6.42 Å². The zero-order chi connectivity index (χ0) is 17.0. The summed E-state index contributed by atoms with van der Waals surface area (Å²) in [4.78, 5) is 23.7. The van der Waals surface area contributed by atoms with Crippen LogP contribution < -0.4 is 11.1 Å². The number of ether oxygens (including phenoxy) is 1. The molecule has 0 saturated carbocycles. The van der Waals surface area contributed by atoms with Gasteiger partial charge in [-0.3, -0.25) is 4.79 Å². The van der Waals surface area contributed by atoms with Crippen molar-refractivity contribution < 1.29 is 14.3 Å². The fourth-order valence-corrected chi connectivity index (χ4v) is 2.26. The average molecular weight is 312 g/mol. The van der Waals surface area contributed by atoms with Crippen molar-refractivity contribution in [2.75, 3.05) is 19.9 Å². The lowest BCUT2D eigenvalue weighted by Gasteiger charge is -2.13. The molecule has 0 fully saturated rings. The molecule has 2 aromatic rings. The van der Waals surface area contributed by atoms with Crippen LogP contribution in [0.5, 0.6) is 0 Å². The summed E-state index contributed by atoms with van der Waals surface area (Å²) >= 11 is 0. The highest BCUT2D eigenvalue weighted by atomic mass is 16.5. The van der Waals surface area contributed by atoms with Crippen LogP contribution in [0.4, 0.5) is 5.69 Å². The Kier molecular flexibility index (Phi) is 4.66. The first kappa shape index (κ1) is 16.1. The highest BCUT2D eigenvalue weighted by Crippen LogP contribution is 2.26. The number of likely N-dealkylation sites (N-methyl/N-ethyl adjacent to an activating group) is 1.